The Morgan fingerprint density at radius 1 is 1.12 bits per heavy atom. The van der Waals surface area contributed by atoms with Crippen LogP contribution in [0.25, 0.3) is 10.9 Å². The Kier molecular flexibility index (Phi) is 5.78. The van der Waals surface area contributed by atoms with Crippen LogP contribution in [0.15, 0.2) is 48.7 Å². The fraction of sp³-hybridized carbons (Fsp3) is 0.300. The zero-order valence-corrected chi connectivity index (χ0v) is 14.7. The highest BCUT2D eigenvalue weighted by molar-refractivity contribution is 6.30. The molecule has 0 radical (unpaired) electrons. The molecule has 0 aliphatic heterocycles. The van der Waals surface area contributed by atoms with E-state index in [1.807, 2.05) is 18.2 Å². The average molecular weight is 343 g/mol. The molecule has 0 atom stereocenters. The molecule has 3 rings (SSSR count). The number of ether oxygens (including phenoxy) is 1. The SMILES string of the molecule is CCCOc1ccc(Cl)cc1CNCCc1c[nH]c2ccccc12. The summed E-state index contributed by atoms with van der Waals surface area (Å²) in [5.41, 5.74) is 3.64. The van der Waals surface area contributed by atoms with Crippen molar-refractivity contribution in [2.24, 2.45) is 0 Å². The van der Waals surface area contributed by atoms with Gasteiger partial charge in [0, 0.05) is 34.2 Å². The van der Waals surface area contributed by atoms with Crippen LogP contribution in [0.4, 0.5) is 0 Å². The number of rotatable bonds is 8. The van der Waals surface area contributed by atoms with Gasteiger partial charge in [-0.15, -0.1) is 0 Å². The van der Waals surface area contributed by atoms with Crippen LogP contribution in [0.2, 0.25) is 5.02 Å². The molecule has 2 N–H and O–H groups in total. The molecule has 0 saturated heterocycles. The minimum atomic E-state index is 0.726. The van der Waals surface area contributed by atoms with Crippen LogP contribution in [-0.2, 0) is 13.0 Å². The molecular weight excluding hydrogens is 320 g/mol. The lowest BCUT2D eigenvalue weighted by Gasteiger charge is -2.12. The largest absolute Gasteiger partial charge is 0.493 e. The second kappa shape index (κ2) is 8.22. The smallest absolute Gasteiger partial charge is 0.123 e. The van der Waals surface area contributed by atoms with Crippen molar-refractivity contribution in [2.45, 2.75) is 26.3 Å². The number of halogens is 1. The molecule has 0 bridgehead atoms. The number of aromatic nitrogens is 1. The van der Waals surface area contributed by atoms with Crippen molar-refractivity contribution in [1.82, 2.24) is 10.3 Å². The Bertz CT molecular complexity index is 797. The van der Waals surface area contributed by atoms with E-state index < -0.39 is 0 Å². The number of aromatic amines is 1. The first kappa shape index (κ1) is 16.9. The van der Waals surface area contributed by atoms with Gasteiger partial charge in [0.15, 0.2) is 0 Å². The Labute approximate surface area is 148 Å². The third-order valence-electron chi connectivity index (χ3n) is 4.05. The maximum absolute atomic E-state index is 6.12. The average Bonchev–Trinajstić information content (AvgIpc) is 3.01. The van der Waals surface area contributed by atoms with Gasteiger partial charge in [0.05, 0.1) is 6.61 Å². The molecule has 4 heteroatoms. The van der Waals surface area contributed by atoms with Gasteiger partial charge in [-0.3, -0.25) is 0 Å². The van der Waals surface area contributed by atoms with Crippen LogP contribution in [0, 0.1) is 0 Å². The Hall–Kier alpha value is -1.97. The van der Waals surface area contributed by atoms with Gasteiger partial charge < -0.3 is 15.0 Å². The van der Waals surface area contributed by atoms with Gasteiger partial charge in [-0.25, -0.2) is 0 Å². The van der Waals surface area contributed by atoms with E-state index in [4.69, 9.17) is 16.3 Å². The van der Waals surface area contributed by atoms with Gasteiger partial charge in [0.25, 0.3) is 0 Å². The van der Waals surface area contributed by atoms with E-state index in [-0.39, 0.29) is 0 Å². The summed E-state index contributed by atoms with van der Waals surface area (Å²) in [7, 11) is 0. The molecule has 0 spiro atoms. The van der Waals surface area contributed by atoms with Crippen LogP contribution in [0.1, 0.15) is 24.5 Å². The minimum absolute atomic E-state index is 0.726. The van der Waals surface area contributed by atoms with Crippen LogP contribution in [-0.4, -0.2) is 18.1 Å². The molecule has 0 aliphatic rings. The highest BCUT2D eigenvalue weighted by atomic mass is 35.5. The van der Waals surface area contributed by atoms with Gasteiger partial charge in [-0.05, 0) is 49.2 Å². The second-order valence-electron chi connectivity index (χ2n) is 5.89. The lowest BCUT2D eigenvalue weighted by atomic mass is 10.1. The Morgan fingerprint density at radius 2 is 2.00 bits per heavy atom. The van der Waals surface area contributed by atoms with Crippen molar-refractivity contribution >= 4 is 22.5 Å². The van der Waals surface area contributed by atoms with E-state index in [9.17, 15) is 0 Å². The van der Waals surface area contributed by atoms with E-state index in [1.165, 1.54) is 16.5 Å². The van der Waals surface area contributed by atoms with Crippen LogP contribution in [0.5, 0.6) is 5.75 Å². The van der Waals surface area contributed by atoms with Gasteiger partial charge in [-0.1, -0.05) is 36.7 Å². The maximum atomic E-state index is 6.12. The van der Waals surface area contributed by atoms with Gasteiger partial charge in [0.1, 0.15) is 5.75 Å². The van der Waals surface area contributed by atoms with Crippen molar-refractivity contribution < 1.29 is 4.74 Å². The first-order valence-corrected chi connectivity index (χ1v) is 8.82. The topological polar surface area (TPSA) is 37.0 Å². The van der Waals surface area contributed by atoms with Crippen molar-refractivity contribution in [1.29, 1.82) is 0 Å². The van der Waals surface area contributed by atoms with E-state index in [0.717, 1.165) is 48.9 Å². The quantitative estimate of drug-likeness (QED) is 0.569. The summed E-state index contributed by atoms with van der Waals surface area (Å²) in [5.74, 6) is 0.917. The molecular formula is C20H23ClN2O. The molecule has 0 fully saturated rings. The summed E-state index contributed by atoms with van der Waals surface area (Å²) in [4.78, 5) is 3.32. The standard InChI is InChI=1S/C20H23ClN2O/c1-2-11-24-20-8-7-17(21)12-16(20)13-22-10-9-15-14-23-19-6-4-3-5-18(15)19/h3-8,12,14,22-23H,2,9-11,13H2,1H3. The molecule has 2 aromatic carbocycles. The number of H-pyrrole nitrogens is 1. The summed E-state index contributed by atoms with van der Waals surface area (Å²) < 4.78 is 5.80. The number of hydrogen-bond acceptors (Lipinski definition) is 2. The molecule has 1 aromatic heterocycles. The first-order valence-electron chi connectivity index (χ1n) is 8.45. The molecule has 0 amide bonds. The van der Waals surface area contributed by atoms with E-state index in [1.54, 1.807) is 0 Å². The minimum Gasteiger partial charge on any atom is -0.493 e. The van der Waals surface area contributed by atoms with Crippen LogP contribution < -0.4 is 10.1 Å². The molecule has 0 saturated carbocycles. The van der Waals surface area contributed by atoms with Crippen molar-refractivity contribution in [3.05, 3.63) is 64.8 Å². The number of para-hydroxylation sites is 1. The van der Waals surface area contributed by atoms with E-state index in [2.05, 4.69) is 47.7 Å². The van der Waals surface area contributed by atoms with Gasteiger partial charge in [-0.2, -0.15) is 0 Å². The first-order chi connectivity index (χ1) is 11.8. The van der Waals surface area contributed by atoms with E-state index >= 15 is 0 Å². The summed E-state index contributed by atoms with van der Waals surface area (Å²) >= 11 is 6.12. The summed E-state index contributed by atoms with van der Waals surface area (Å²) in [6, 6.07) is 14.2. The van der Waals surface area contributed by atoms with E-state index in [0.29, 0.717) is 0 Å². The lowest BCUT2D eigenvalue weighted by Crippen LogP contribution is -2.17. The van der Waals surface area contributed by atoms with Gasteiger partial charge >= 0.3 is 0 Å². The summed E-state index contributed by atoms with van der Waals surface area (Å²) in [6.45, 7) is 4.49. The number of fused-ring (bicyclic) bond motifs is 1. The monoisotopic (exact) mass is 342 g/mol. The van der Waals surface area contributed by atoms with Crippen molar-refractivity contribution in [3.63, 3.8) is 0 Å². The predicted molar refractivity (Wildman–Crippen MR) is 101 cm³/mol. The summed E-state index contributed by atoms with van der Waals surface area (Å²) in [5, 5.41) is 5.54. The van der Waals surface area contributed by atoms with Gasteiger partial charge in [0.2, 0.25) is 0 Å². The van der Waals surface area contributed by atoms with Crippen LogP contribution in [0.3, 0.4) is 0 Å². The normalized spacial score (nSPS) is 11.1. The summed E-state index contributed by atoms with van der Waals surface area (Å²) in [6.07, 6.45) is 4.08. The molecule has 24 heavy (non-hydrogen) atoms. The third-order valence-corrected chi connectivity index (χ3v) is 4.28. The predicted octanol–water partition coefficient (Wildman–Crippen LogP) is 4.94. The van der Waals surface area contributed by atoms with Crippen LogP contribution >= 0.6 is 11.6 Å². The molecule has 3 nitrogen and oxygen atoms in total. The number of nitrogens with one attached hydrogen (secondary N) is 2. The number of hydrogen-bond donors (Lipinski definition) is 2. The molecule has 0 unspecified atom stereocenters. The zero-order valence-electron chi connectivity index (χ0n) is 13.9. The molecule has 0 aliphatic carbocycles. The Balaban J connectivity index is 1.57. The fourth-order valence-corrected chi connectivity index (χ4v) is 3.02. The highest BCUT2D eigenvalue weighted by Crippen LogP contribution is 2.23. The van der Waals surface area contributed by atoms with Crippen molar-refractivity contribution in [3.8, 4) is 5.75 Å². The lowest BCUT2D eigenvalue weighted by molar-refractivity contribution is 0.313. The second-order valence-corrected chi connectivity index (χ2v) is 6.32. The third kappa shape index (κ3) is 4.11. The number of benzene rings is 2. The van der Waals surface area contributed by atoms with Crippen molar-refractivity contribution in [2.75, 3.05) is 13.2 Å². The molecule has 1 heterocycles. The molecule has 3 aromatic rings. The Morgan fingerprint density at radius 3 is 2.88 bits per heavy atom. The maximum Gasteiger partial charge on any atom is 0.123 e. The zero-order chi connectivity index (χ0) is 16.8. The highest BCUT2D eigenvalue weighted by Gasteiger charge is 2.06. The molecule has 126 valence electrons. The fourth-order valence-electron chi connectivity index (χ4n) is 2.82.